The number of nitrogen functional groups attached to an aromatic ring is 1. The molecule has 0 aliphatic carbocycles. The van der Waals surface area contributed by atoms with Crippen molar-refractivity contribution in [2.45, 2.75) is 19.6 Å². The quantitative estimate of drug-likeness (QED) is 0.153. The second-order valence-corrected chi connectivity index (χ2v) is 9.50. The molecule has 2 aromatic carbocycles. The second kappa shape index (κ2) is 10.8. The van der Waals surface area contributed by atoms with Gasteiger partial charge in [0, 0.05) is 22.6 Å². The largest absolute Gasteiger partial charge is 0.381 e. The molecule has 4 rings (SSSR count). The summed E-state index contributed by atoms with van der Waals surface area (Å²) in [6.45, 7) is 2.31. The van der Waals surface area contributed by atoms with E-state index < -0.39 is 20.1 Å². The van der Waals surface area contributed by atoms with Gasteiger partial charge in [-0.1, -0.05) is 19.1 Å². The smallest absolute Gasteiger partial charge is 0.272 e. The van der Waals surface area contributed by atoms with Crippen LogP contribution in [0.1, 0.15) is 12.5 Å². The zero-order valence-electron chi connectivity index (χ0n) is 18.8. The summed E-state index contributed by atoms with van der Waals surface area (Å²) in [6, 6.07) is 13.6. The number of pyridine rings is 1. The molecular formula is C23H24F3N8P. The highest BCUT2D eigenvalue weighted by Crippen LogP contribution is 2.39. The minimum Gasteiger partial charge on any atom is -0.381 e. The van der Waals surface area contributed by atoms with Crippen molar-refractivity contribution in [2.24, 2.45) is 5.84 Å². The van der Waals surface area contributed by atoms with Crippen LogP contribution in [0.25, 0.3) is 10.9 Å². The average molecular weight is 500 g/mol. The minimum atomic E-state index is -2.68. The molecule has 8 nitrogen and oxygen atoms in total. The topological polar surface area (TPSA) is 118 Å². The second-order valence-electron chi connectivity index (χ2n) is 7.57. The van der Waals surface area contributed by atoms with E-state index in [1.807, 2.05) is 30.3 Å². The monoisotopic (exact) mass is 500 g/mol. The first-order valence-corrected chi connectivity index (χ1v) is 12.1. The molecule has 35 heavy (non-hydrogen) atoms. The molecule has 4 aromatic rings. The lowest BCUT2D eigenvalue weighted by Crippen LogP contribution is -2.32. The molecule has 0 aliphatic heterocycles. The third kappa shape index (κ3) is 5.76. The van der Waals surface area contributed by atoms with Crippen LogP contribution in [0.3, 0.4) is 0 Å². The lowest BCUT2D eigenvalue weighted by molar-refractivity contribution is 0.244. The number of benzene rings is 2. The highest BCUT2D eigenvalue weighted by atomic mass is 31.1. The standard InChI is InChI=1S/C23H24F3N8P/c1-2-31-35(23(25)26)19-8-6-16(11-17(19)24)32-20-12-30-21(27)22(33-20)34(28)13-14-5-7-18-15(10-14)4-3-9-29-18/h3-12,23,31H,2,13,28H2,1H3,(H2,27,30)(H,32,33). The summed E-state index contributed by atoms with van der Waals surface area (Å²) in [6.07, 6.45) is 0.425. The van der Waals surface area contributed by atoms with Crippen molar-refractivity contribution >= 4 is 47.4 Å². The van der Waals surface area contributed by atoms with Crippen LogP contribution >= 0.6 is 8.07 Å². The van der Waals surface area contributed by atoms with Gasteiger partial charge in [-0.15, -0.1) is 0 Å². The maximum atomic E-state index is 14.6. The Labute approximate surface area is 201 Å². The molecular weight excluding hydrogens is 476 g/mol. The van der Waals surface area contributed by atoms with Gasteiger partial charge in [-0.3, -0.25) is 15.1 Å². The van der Waals surface area contributed by atoms with E-state index in [0.29, 0.717) is 18.8 Å². The molecule has 12 heteroatoms. The molecule has 0 aliphatic rings. The fourth-order valence-electron chi connectivity index (χ4n) is 3.51. The van der Waals surface area contributed by atoms with Gasteiger partial charge in [0.2, 0.25) is 0 Å². The Hall–Kier alpha value is -3.53. The van der Waals surface area contributed by atoms with E-state index in [2.05, 4.69) is 25.4 Å². The highest BCUT2D eigenvalue weighted by molar-refractivity contribution is 7.64. The van der Waals surface area contributed by atoms with Gasteiger partial charge in [-0.2, -0.15) is 0 Å². The Morgan fingerprint density at radius 1 is 1.11 bits per heavy atom. The van der Waals surface area contributed by atoms with Crippen molar-refractivity contribution in [3.05, 3.63) is 72.3 Å². The van der Waals surface area contributed by atoms with E-state index in [0.717, 1.165) is 22.5 Å². The molecule has 1 atom stereocenters. The first kappa shape index (κ1) is 24.6. The number of hydrazine groups is 1. The number of rotatable bonds is 9. The Kier molecular flexibility index (Phi) is 7.60. The number of fused-ring (bicyclic) bond motifs is 1. The van der Waals surface area contributed by atoms with Crippen LogP contribution in [0.15, 0.2) is 60.9 Å². The van der Waals surface area contributed by atoms with Crippen LogP contribution in [-0.4, -0.2) is 27.7 Å². The van der Waals surface area contributed by atoms with Crippen molar-refractivity contribution < 1.29 is 13.2 Å². The number of halogens is 3. The fourth-order valence-corrected chi connectivity index (χ4v) is 4.90. The summed E-state index contributed by atoms with van der Waals surface area (Å²) in [5.41, 5.74) is 8.10. The van der Waals surface area contributed by atoms with Crippen molar-refractivity contribution in [3.8, 4) is 0 Å². The summed E-state index contributed by atoms with van der Waals surface area (Å²) in [5, 5.41) is 7.87. The number of hydrogen-bond donors (Lipinski definition) is 4. The van der Waals surface area contributed by atoms with Crippen molar-refractivity contribution in [1.82, 2.24) is 20.0 Å². The Morgan fingerprint density at radius 2 is 1.94 bits per heavy atom. The summed E-state index contributed by atoms with van der Waals surface area (Å²) >= 11 is 0. The number of anilines is 4. The molecule has 0 spiro atoms. The van der Waals surface area contributed by atoms with Gasteiger partial charge in [0.05, 0.1) is 26.3 Å². The molecule has 1 unspecified atom stereocenters. The molecule has 0 fully saturated rings. The number of nitrogens with one attached hydrogen (secondary N) is 2. The van der Waals surface area contributed by atoms with Gasteiger partial charge in [-0.25, -0.2) is 29.0 Å². The van der Waals surface area contributed by atoms with E-state index in [9.17, 15) is 13.2 Å². The highest BCUT2D eigenvalue weighted by Gasteiger charge is 2.24. The zero-order valence-corrected chi connectivity index (χ0v) is 19.7. The molecule has 182 valence electrons. The molecule has 2 heterocycles. The van der Waals surface area contributed by atoms with E-state index in [4.69, 9.17) is 11.6 Å². The van der Waals surface area contributed by atoms with Gasteiger partial charge in [0.25, 0.3) is 6.17 Å². The molecule has 6 N–H and O–H groups in total. The minimum absolute atomic E-state index is 0.0507. The average Bonchev–Trinajstić information content (AvgIpc) is 2.84. The van der Waals surface area contributed by atoms with E-state index in [1.165, 1.54) is 23.3 Å². The molecule has 0 amide bonds. The molecule has 0 saturated carbocycles. The summed E-state index contributed by atoms with van der Waals surface area (Å²) in [5.74, 6) is 6.12. The Morgan fingerprint density at radius 3 is 2.69 bits per heavy atom. The number of nitrogens with zero attached hydrogens (tertiary/aromatic N) is 4. The van der Waals surface area contributed by atoms with Crippen LogP contribution in [0.2, 0.25) is 0 Å². The lowest BCUT2D eigenvalue weighted by Gasteiger charge is -2.20. The summed E-state index contributed by atoms with van der Waals surface area (Å²) < 4.78 is 41.3. The maximum absolute atomic E-state index is 14.6. The predicted octanol–water partition coefficient (Wildman–Crippen LogP) is 4.22. The van der Waals surface area contributed by atoms with E-state index >= 15 is 0 Å². The van der Waals surface area contributed by atoms with Gasteiger partial charge in [-0.05, 0) is 48.5 Å². The Bertz CT molecular complexity index is 1320. The molecule has 2 aromatic heterocycles. The molecule has 0 radical (unpaired) electrons. The third-order valence-corrected chi connectivity index (χ3v) is 7.01. The SMILES string of the molecule is CCNP(c1ccc(Nc2cnc(N)c(N(N)Cc3ccc4ncccc4c3)n2)cc1F)C(F)F. The van der Waals surface area contributed by atoms with Crippen LogP contribution in [0, 0.1) is 5.82 Å². The van der Waals surface area contributed by atoms with E-state index in [-0.39, 0.29) is 22.8 Å². The van der Waals surface area contributed by atoms with Crippen LogP contribution in [0.4, 0.5) is 36.3 Å². The summed E-state index contributed by atoms with van der Waals surface area (Å²) in [7, 11) is -2.12. The normalized spacial score (nSPS) is 12.2. The molecule has 0 saturated heterocycles. The lowest BCUT2D eigenvalue weighted by atomic mass is 10.1. The first-order valence-electron chi connectivity index (χ1n) is 10.7. The summed E-state index contributed by atoms with van der Waals surface area (Å²) in [4.78, 5) is 12.8. The van der Waals surface area contributed by atoms with E-state index in [1.54, 1.807) is 13.1 Å². The van der Waals surface area contributed by atoms with Gasteiger partial charge >= 0.3 is 0 Å². The van der Waals surface area contributed by atoms with Crippen LogP contribution in [-0.2, 0) is 6.54 Å². The molecule has 0 bridgehead atoms. The Balaban J connectivity index is 1.52. The zero-order chi connectivity index (χ0) is 24.9. The number of alkyl halides is 2. The van der Waals surface area contributed by atoms with Crippen LogP contribution in [0.5, 0.6) is 0 Å². The van der Waals surface area contributed by atoms with Crippen LogP contribution < -0.4 is 32.3 Å². The maximum Gasteiger partial charge on any atom is 0.272 e. The number of aromatic nitrogens is 3. The van der Waals surface area contributed by atoms with Gasteiger partial charge < -0.3 is 11.1 Å². The third-order valence-electron chi connectivity index (χ3n) is 5.08. The van der Waals surface area contributed by atoms with Gasteiger partial charge in [0.1, 0.15) is 5.82 Å². The van der Waals surface area contributed by atoms with Crippen molar-refractivity contribution in [3.63, 3.8) is 0 Å². The van der Waals surface area contributed by atoms with Gasteiger partial charge in [0.15, 0.2) is 17.5 Å². The fraction of sp³-hybridized carbons (Fsp3) is 0.174. The van der Waals surface area contributed by atoms with Crippen molar-refractivity contribution in [2.75, 3.05) is 22.6 Å². The predicted molar refractivity (Wildman–Crippen MR) is 134 cm³/mol. The number of hydrogen-bond acceptors (Lipinski definition) is 8. The number of nitrogens with two attached hydrogens (primary N) is 2. The van der Waals surface area contributed by atoms with Crippen molar-refractivity contribution in [1.29, 1.82) is 0 Å². The first-order chi connectivity index (χ1) is 16.9.